The molecule has 0 aliphatic carbocycles. The molecule has 1 aromatic carbocycles. The lowest BCUT2D eigenvalue weighted by molar-refractivity contribution is 0.283. The maximum absolute atomic E-state index is 13.0. The maximum Gasteiger partial charge on any atom is 0.243 e. The number of hydrogen-bond acceptors (Lipinski definition) is 3. The summed E-state index contributed by atoms with van der Waals surface area (Å²) in [4.78, 5) is 0.448. The van der Waals surface area contributed by atoms with Crippen molar-refractivity contribution in [3.8, 4) is 0 Å². The molecule has 118 valence electrons. The molecule has 0 spiro atoms. The summed E-state index contributed by atoms with van der Waals surface area (Å²) in [6, 6.07) is 5.77. The lowest BCUT2D eigenvalue weighted by Gasteiger charge is -2.33. The minimum Gasteiger partial charge on any atom is -0.314 e. The molecule has 0 aromatic heterocycles. The Hall–Kier alpha value is -0.910. The summed E-state index contributed by atoms with van der Waals surface area (Å²) < 4.78 is 27.6. The van der Waals surface area contributed by atoms with Crippen molar-refractivity contribution >= 4 is 10.0 Å². The number of nitrogens with one attached hydrogen (secondary N) is 1. The van der Waals surface area contributed by atoms with Crippen molar-refractivity contribution < 1.29 is 8.42 Å². The van der Waals surface area contributed by atoms with Gasteiger partial charge in [-0.25, -0.2) is 8.42 Å². The molecule has 0 radical (unpaired) electrons. The Kier molecular flexibility index (Phi) is 4.47. The van der Waals surface area contributed by atoms with E-state index in [4.69, 9.17) is 0 Å². The fraction of sp³-hybridized carbons (Fsp3) is 0.625. The molecule has 1 N–H and O–H groups in total. The zero-order valence-corrected chi connectivity index (χ0v) is 14.4. The van der Waals surface area contributed by atoms with Crippen LogP contribution in [0.1, 0.15) is 38.8 Å². The first-order valence-electron chi connectivity index (χ1n) is 7.48. The van der Waals surface area contributed by atoms with Crippen LogP contribution in [-0.4, -0.2) is 38.4 Å². The summed E-state index contributed by atoms with van der Waals surface area (Å²) in [5.74, 6) is 0. The van der Waals surface area contributed by atoms with E-state index in [0.29, 0.717) is 24.5 Å². The Bertz CT molecular complexity index is 618. The second-order valence-corrected chi connectivity index (χ2v) is 8.76. The second-order valence-electron chi connectivity index (χ2n) is 6.90. The highest BCUT2D eigenvalue weighted by Gasteiger charge is 2.32. The minimum absolute atomic E-state index is 0.0126. The van der Waals surface area contributed by atoms with Crippen LogP contribution in [-0.2, 0) is 15.4 Å². The Morgan fingerprint density at radius 1 is 1.29 bits per heavy atom. The molecule has 1 aliphatic rings. The van der Waals surface area contributed by atoms with E-state index in [2.05, 4.69) is 26.1 Å². The molecule has 1 fully saturated rings. The Morgan fingerprint density at radius 2 is 1.95 bits per heavy atom. The normalized spacial score (nSPS) is 21.5. The molecular weight excluding hydrogens is 284 g/mol. The number of rotatable bonds is 2. The van der Waals surface area contributed by atoms with Gasteiger partial charge in [-0.3, -0.25) is 0 Å². The highest BCUT2D eigenvalue weighted by atomic mass is 32.2. The van der Waals surface area contributed by atoms with Crippen LogP contribution in [0.3, 0.4) is 0 Å². The molecule has 21 heavy (non-hydrogen) atoms. The van der Waals surface area contributed by atoms with Crippen molar-refractivity contribution in [1.29, 1.82) is 0 Å². The summed E-state index contributed by atoms with van der Waals surface area (Å²) in [6.07, 6.45) is 0. The average molecular weight is 310 g/mol. The van der Waals surface area contributed by atoms with Crippen molar-refractivity contribution in [2.75, 3.05) is 19.6 Å². The lowest BCUT2D eigenvalue weighted by atomic mass is 9.87. The topological polar surface area (TPSA) is 49.4 Å². The highest BCUT2D eigenvalue weighted by molar-refractivity contribution is 7.89. The summed E-state index contributed by atoms with van der Waals surface area (Å²) in [5, 5.41) is 3.23. The molecule has 2 rings (SSSR count). The zero-order chi connectivity index (χ0) is 15.8. The third kappa shape index (κ3) is 3.30. The van der Waals surface area contributed by atoms with Gasteiger partial charge < -0.3 is 5.32 Å². The molecule has 5 heteroatoms. The van der Waals surface area contributed by atoms with E-state index in [1.807, 2.05) is 32.0 Å². The molecule has 1 aromatic rings. The van der Waals surface area contributed by atoms with E-state index in [1.54, 1.807) is 4.31 Å². The molecule has 1 heterocycles. The molecule has 0 amide bonds. The lowest BCUT2D eigenvalue weighted by Crippen LogP contribution is -2.52. The molecule has 1 atom stereocenters. The predicted octanol–water partition coefficient (Wildman–Crippen LogP) is 2.27. The first kappa shape index (κ1) is 16.5. The monoisotopic (exact) mass is 310 g/mol. The standard InChI is InChI=1S/C16H26N2O2S/c1-12-6-7-14(16(3,4)5)10-15(12)21(19,20)18-9-8-17-11-13(18)2/h6-7,10,13,17H,8-9,11H2,1-5H3. The number of benzene rings is 1. The van der Waals surface area contributed by atoms with Crippen molar-refractivity contribution in [2.24, 2.45) is 0 Å². The molecule has 1 saturated heterocycles. The van der Waals surface area contributed by atoms with Gasteiger partial charge in [0.1, 0.15) is 0 Å². The number of hydrogen-bond donors (Lipinski definition) is 1. The van der Waals surface area contributed by atoms with Gasteiger partial charge in [0.25, 0.3) is 0 Å². The molecule has 0 bridgehead atoms. The Morgan fingerprint density at radius 3 is 2.52 bits per heavy atom. The number of nitrogens with zero attached hydrogens (tertiary/aromatic N) is 1. The van der Waals surface area contributed by atoms with Gasteiger partial charge in [0.05, 0.1) is 4.90 Å². The molecule has 1 aliphatic heterocycles. The van der Waals surface area contributed by atoms with Crippen LogP contribution in [0.5, 0.6) is 0 Å². The van der Waals surface area contributed by atoms with Gasteiger partial charge in [-0.05, 0) is 36.5 Å². The van der Waals surface area contributed by atoms with Crippen LogP contribution in [0.4, 0.5) is 0 Å². The minimum atomic E-state index is -3.43. The Labute approximate surface area is 128 Å². The summed E-state index contributed by atoms with van der Waals surface area (Å²) >= 11 is 0. The maximum atomic E-state index is 13.0. The number of aryl methyl sites for hydroxylation is 1. The van der Waals surface area contributed by atoms with E-state index >= 15 is 0 Å². The van der Waals surface area contributed by atoms with Crippen LogP contribution in [0, 0.1) is 6.92 Å². The van der Waals surface area contributed by atoms with E-state index in [0.717, 1.165) is 11.1 Å². The van der Waals surface area contributed by atoms with Crippen LogP contribution >= 0.6 is 0 Å². The largest absolute Gasteiger partial charge is 0.314 e. The third-order valence-corrected chi connectivity index (χ3v) is 6.24. The summed E-state index contributed by atoms with van der Waals surface area (Å²) in [7, 11) is -3.43. The van der Waals surface area contributed by atoms with Crippen molar-refractivity contribution in [2.45, 2.75) is 51.0 Å². The molecule has 0 saturated carbocycles. The third-order valence-electron chi connectivity index (χ3n) is 4.08. The fourth-order valence-electron chi connectivity index (χ4n) is 2.65. The summed E-state index contributed by atoms with van der Waals surface area (Å²) in [6.45, 7) is 12.1. The van der Waals surface area contributed by atoms with Crippen molar-refractivity contribution in [1.82, 2.24) is 9.62 Å². The SMILES string of the molecule is Cc1ccc(C(C)(C)C)cc1S(=O)(=O)N1CCNCC1C. The van der Waals surface area contributed by atoms with Gasteiger partial charge in [0, 0.05) is 25.7 Å². The van der Waals surface area contributed by atoms with Gasteiger partial charge in [-0.2, -0.15) is 4.31 Å². The molecule has 4 nitrogen and oxygen atoms in total. The average Bonchev–Trinajstić information content (AvgIpc) is 2.37. The van der Waals surface area contributed by atoms with Gasteiger partial charge in [0.2, 0.25) is 10.0 Å². The van der Waals surface area contributed by atoms with Crippen LogP contribution < -0.4 is 5.32 Å². The van der Waals surface area contributed by atoms with E-state index in [9.17, 15) is 8.42 Å². The van der Waals surface area contributed by atoms with Gasteiger partial charge >= 0.3 is 0 Å². The van der Waals surface area contributed by atoms with Crippen molar-refractivity contribution in [3.05, 3.63) is 29.3 Å². The quantitative estimate of drug-likeness (QED) is 0.911. The first-order valence-corrected chi connectivity index (χ1v) is 8.92. The van der Waals surface area contributed by atoms with E-state index in [1.165, 1.54) is 0 Å². The van der Waals surface area contributed by atoms with Crippen molar-refractivity contribution in [3.63, 3.8) is 0 Å². The predicted molar refractivity (Wildman–Crippen MR) is 86.1 cm³/mol. The highest BCUT2D eigenvalue weighted by Crippen LogP contribution is 2.29. The van der Waals surface area contributed by atoms with Gasteiger partial charge in [-0.1, -0.05) is 32.9 Å². The van der Waals surface area contributed by atoms with Crippen LogP contribution in [0.15, 0.2) is 23.1 Å². The first-order chi connectivity index (χ1) is 9.64. The van der Waals surface area contributed by atoms with E-state index < -0.39 is 10.0 Å². The second kappa shape index (κ2) is 5.71. The van der Waals surface area contributed by atoms with Crippen LogP contribution in [0.2, 0.25) is 0 Å². The molecule has 1 unspecified atom stereocenters. The van der Waals surface area contributed by atoms with Gasteiger partial charge in [0.15, 0.2) is 0 Å². The molecular formula is C16H26N2O2S. The number of sulfonamides is 1. The number of piperazine rings is 1. The zero-order valence-electron chi connectivity index (χ0n) is 13.6. The van der Waals surface area contributed by atoms with E-state index in [-0.39, 0.29) is 11.5 Å². The van der Waals surface area contributed by atoms with Gasteiger partial charge in [-0.15, -0.1) is 0 Å². The summed E-state index contributed by atoms with van der Waals surface area (Å²) in [5.41, 5.74) is 1.80. The van der Waals surface area contributed by atoms with Crippen LogP contribution in [0.25, 0.3) is 0 Å². The Balaban J connectivity index is 2.49. The fourth-order valence-corrected chi connectivity index (χ4v) is 4.53. The smallest absolute Gasteiger partial charge is 0.243 e.